The number of hydrogen-bond donors (Lipinski definition) is 1. The van der Waals surface area contributed by atoms with Crippen molar-refractivity contribution in [2.24, 2.45) is 0 Å². The number of halogens is 1. The van der Waals surface area contributed by atoms with Crippen LogP contribution in [0.2, 0.25) is 5.02 Å². The molecule has 112 valence electrons. The fourth-order valence-corrected chi connectivity index (χ4v) is 2.96. The van der Waals surface area contributed by atoms with E-state index in [4.69, 9.17) is 21.1 Å². The number of hydrogen-bond acceptors (Lipinski definition) is 6. The summed E-state index contributed by atoms with van der Waals surface area (Å²) >= 11 is 5.88. The van der Waals surface area contributed by atoms with Crippen LogP contribution < -0.4 is 14.2 Å². The van der Waals surface area contributed by atoms with E-state index in [9.17, 15) is 8.42 Å². The van der Waals surface area contributed by atoms with Crippen molar-refractivity contribution < 1.29 is 17.9 Å². The van der Waals surface area contributed by atoms with Gasteiger partial charge in [0, 0.05) is 0 Å². The first-order valence-electron chi connectivity index (χ1n) is 5.70. The summed E-state index contributed by atoms with van der Waals surface area (Å²) in [5.41, 5.74) is 0. The van der Waals surface area contributed by atoms with Gasteiger partial charge in [-0.05, 0) is 12.1 Å². The van der Waals surface area contributed by atoms with Crippen molar-refractivity contribution in [3.8, 4) is 11.8 Å². The highest BCUT2D eigenvalue weighted by Crippen LogP contribution is 2.24. The van der Waals surface area contributed by atoms with Gasteiger partial charge in [-0.1, -0.05) is 23.7 Å². The maximum Gasteiger partial charge on any atom is 0.265 e. The molecule has 0 aliphatic rings. The van der Waals surface area contributed by atoms with Crippen molar-refractivity contribution in [2.75, 3.05) is 18.9 Å². The molecule has 1 aromatic carbocycles. The van der Waals surface area contributed by atoms with Crippen molar-refractivity contribution >= 4 is 27.6 Å². The Morgan fingerprint density at radius 2 is 1.67 bits per heavy atom. The first-order chi connectivity index (χ1) is 9.96. The quantitative estimate of drug-likeness (QED) is 0.901. The Balaban J connectivity index is 2.39. The molecule has 1 N–H and O–H groups in total. The molecule has 2 aromatic rings. The maximum atomic E-state index is 12.3. The minimum absolute atomic E-state index is 0.0722. The number of sulfonamides is 1. The molecule has 1 heterocycles. The number of rotatable bonds is 5. The lowest BCUT2D eigenvalue weighted by Crippen LogP contribution is -2.16. The van der Waals surface area contributed by atoms with Crippen LogP contribution in [0, 0.1) is 0 Å². The van der Waals surface area contributed by atoms with Crippen LogP contribution in [0.3, 0.4) is 0 Å². The molecule has 0 spiro atoms. The van der Waals surface area contributed by atoms with Crippen molar-refractivity contribution in [1.82, 2.24) is 9.97 Å². The summed E-state index contributed by atoms with van der Waals surface area (Å²) in [5, 5.41) is 0.0971. The van der Waals surface area contributed by atoms with Gasteiger partial charge < -0.3 is 9.47 Å². The Morgan fingerprint density at radius 3 is 2.19 bits per heavy atom. The highest BCUT2D eigenvalue weighted by atomic mass is 35.5. The van der Waals surface area contributed by atoms with Crippen LogP contribution in [0.4, 0.5) is 5.95 Å². The molecular weight excluding hydrogens is 318 g/mol. The summed E-state index contributed by atoms with van der Waals surface area (Å²) in [6.45, 7) is 0. The summed E-state index contributed by atoms with van der Waals surface area (Å²) in [6, 6.07) is 7.47. The third-order valence-electron chi connectivity index (χ3n) is 2.45. The Bertz CT molecular complexity index is 730. The number of ether oxygens (including phenoxy) is 2. The van der Waals surface area contributed by atoms with Gasteiger partial charge in [0.1, 0.15) is 4.90 Å². The summed E-state index contributed by atoms with van der Waals surface area (Å²) in [7, 11) is -1.12. The molecule has 0 saturated carbocycles. The van der Waals surface area contributed by atoms with Crippen LogP contribution in [-0.4, -0.2) is 32.6 Å². The largest absolute Gasteiger partial charge is 0.481 e. The monoisotopic (exact) mass is 329 g/mol. The Kier molecular flexibility index (Phi) is 4.49. The van der Waals surface area contributed by atoms with E-state index in [1.165, 1.54) is 32.4 Å². The van der Waals surface area contributed by atoms with E-state index in [0.29, 0.717) is 0 Å². The van der Waals surface area contributed by atoms with Gasteiger partial charge in [-0.3, -0.25) is 0 Å². The molecule has 0 atom stereocenters. The summed E-state index contributed by atoms with van der Waals surface area (Å²) < 4.78 is 36.7. The molecule has 21 heavy (non-hydrogen) atoms. The molecule has 0 amide bonds. The second kappa shape index (κ2) is 6.15. The number of nitrogens with one attached hydrogen (secondary N) is 1. The Hall–Kier alpha value is -2.06. The molecule has 2 rings (SSSR count). The van der Waals surface area contributed by atoms with Crippen molar-refractivity contribution in [3.05, 3.63) is 35.4 Å². The zero-order valence-corrected chi connectivity index (χ0v) is 12.8. The van der Waals surface area contributed by atoms with E-state index < -0.39 is 10.0 Å². The third kappa shape index (κ3) is 3.53. The molecule has 0 aliphatic heterocycles. The van der Waals surface area contributed by atoms with E-state index in [1.54, 1.807) is 12.1 Å². The molecule has 9 heteroatoms. The van der Waals surface area contributed by atoms with Gasteiger partial charge >= 0.3 is 0 Å². The van der Waals surface area contributed by atoms with Crippen LogP contribution in [0.1, 0.15) is 0 Å². The van der Waals surface area contributed by atoms with Crippen LogP contribution >= 0.6 is 11.6 Å². The lowest BCUT2D eigenvalue weighted by Gasteiger charge is -2.10. The summed E-state index contributed by atoms with van der Waals surface area (Å²) in [5.74, 6) is 0.156. The average Bonchev–Trinajstić information content (AvgIpc) is 2.46. The maximum absolute atomic E-state index is 12.3. The normalized spacial score (nSPS) is 11.0. The first-order valence-corrected chi connectivity index (χ1v) is 7.57. The molecular formula is C12H12ClN3O4S. The van der Waals surface area contributed by atoms with Crippen molar-refractivity contribution in [3.63, 3.8) is 0 Å². The van der Waals surface area contributed by atoms with Gasteiger partial charge in [-0.2, -0.15) is 9.97 Å². The minimum atomic E-state index is -3.91. The zero-order valence-electron chi connectivity index (χ0n) is 11.2. The molecule has 1 aromatic heterocycles. The third-order valence-corrected chi connectivity index (χ3v) is 4.28. The lowest BCUT2D eigenvalue weighted by atomic mass is 10.4. The van der Waals surface area contributed by atoms with Gasteiger partial charge in [0.25, 0.3) is 10.0 Å². The summed E-state index contributed by atoms with van der Waals surface area (Å²) in [6.07, 6.45) is 0. The second-order valence-corrected chi connectivity index (χ2v) is 5.87. The summed E-state index contributed by atoms with van der Waals surface area (Å²) in [4.78, 5) is 7.71. The predicted molar refractivity (Wildman–Crippen MR) is 77.4 cm³/mol. The van der Waals surface area contributed by atoms with Crippen LogP contribution in [0.5, 0.6) is 11.8 Å². The Labute approximate surface area is 126 Å². The van der Waals surface area contributed by atoms with Crippen LogP contribution in [-0.2, 0) is 10.0 Å². The number of anilines is 1. The number of benzene rings is 1. The first kappa shape index (κ1) is 15.3. The minimum Gasteiger partial charge on any atom is -0.481 e. The highest BCUT2D eigenvalue weighted by Gasteiger charge is 2.19. The number of methoxy groups -OCH3 is 2. The standard InChI is InChI=1S/C12H12ClN3O4S/c1-19-10-7-11(20-2)15-12(14-10)16-21(17,18)9-6-4-3-5-8(9)13/h3-7H,1-2H3,(H,14,15,16). The number of nitrogens with zero attached hydrogens (tertiary/aromatic N) is 2. The lowest BCUT2D eigenvalue weighted by molar-refractivity contribution is 0.373. The SMILES string of the molecule is COc1cc(OC)nc(NS(=O)(=O)c2ccccc2Cl)n1. The van der Waals surface area contributed by atoms with Gasteiger partial charge in [-0.15, -0.1) is 0 Å². The fourth-order valence-electron chi connectivity index (χ4n) is 1.50. The molecule has 0 saturated heterocycles. The number of aromatic nitrogens is 2. The van der Waals surface area contributed by atoms with Crippen molar-refractivity contribution in [1.29, 1.82) is 0 Å². The average molecular weight is 330 g/mol. The Morgan fingerprint density at radius 1 is 1.10 bits per heavy atom. The zero-order chi connectivity index (χ0) is 15.5. The van der Waals surface area contributed by atoms with Gasteiger partial charge in [0.2, 0.25) is 17.7 Å². The predicted octanol–water partition coefficient (Wildman–Crippen LogP) is 1.95. The van der Waals surface area contributed by atoms with E-state index >= 15 is 0 Å². The second-order valence-electron chi connectivity index (χ2n) is 3.81. The molecule has 0 aliphatic carbocycles. The van der Waals surface area contributed by atoms with Crippen LogP contribution in [0.15, 0.2) is 35.2 Å². The molecule has 0 bridgehead atoms. The highest BCUT2D eigenvalue weighted by molar-refractivity contribution is 7.92. The molecule has 0 fully saturated rings. The topological polar surface area (TPSA) is 90.4 Å². The molecule has 0 radical (unpaired) electrons. The van der Waals surface area contributed by atoms with Crippen LogP contribution in [0.25, 0.3) is 0 Å². The van der Waals surface area contributed by atoms with Crippen molar-refractivity contribution in [2.45, 2.75) is 4.90 Å². The van der Waals surface area contributed by atoms with E-state index in [2.05, 4.69) is 14.7 Å². The molecule has 0 unspecified atom stereocenters. The van der Waals surface area contributed by atoms with Gasteiger partial charge in [0.05, 0.1) is 25.3 Å². The van der Waals surface area contributed by atoms with E-state index in [0.717, 1.165) is 0 Å². The van der Waals surface area contributed by atoms with Gasteiger partial charge in [0.15, 0.2) is 0 Å². The molecule has 7 nitrogen and oxygen atoms in total. The smallest absolute Gasteiger partial charge is 0.265 e. The van der Waals surface area contributed by atoms with Gasteiger partial charge in [-0.25, -0.2) is 13.1 Å². The van der Waals surface area contributed by atoms with E-state index in [-0.39, 0.29) is 27.6 Å². The fraction of sp³-hybridized carbons (Fsp3) is 0.167. The van der Waals surface area contributed by atoms with E-state index in [1.807, 2.05) is 0 Å².